The number of hydrogen-bond donors (Lipinski definition) is 1. The number of nitrogens with zero attached hydrogens (tertiary/aromatic N) is 2. The zero-order valence-electron chi connectivity index (χ0n) is 10.1. The van der Waals surface area contributed by atoms with Gasteiger partial charge in [-0.15, -0.1) is 11.8 Å². The maximum absolute atomic E-state index is 5.32. The molecule has 0 aliphatic carbocycles. The van der Waals surface area contributed by atoms with E-state index in [0.29, 0.717) is 10.7 Å². The van der Waals surface area contributed by atoms with Crippen molar-refractivity contribution in [1.82, 2.24) is 14.8 Å². The molecule has 1 aromatic carbocycles. The van der Waals surface area contributed by atoms with Crippen LogP contribution in [0.15, 0.2) is 29.2 Å². The molecule has 0 spiro atoms. The average Bonchev–Trinajstić information content (AvgIpc) is 2.71. The predicted octanol–water partition coefficient (Wildman–Crippen LogP) is 3.78. The van der Waals surface area contributed by atoms with Gasteiger partial charge in [-0.2, -0.15) is 5.10 Å². The molecule has 17 heavy (non-hydrogen) atoms. The minimum Gasteiger partial charge on any atom is -0.271 e. The van der Waals surface area contributed by atoms with Crippen LogP contribution >= 0.6 is 24.0 Å². The fourth-order valence-electron chi connectivity index (χ4n) is 1.74. The van der Waals surface area contributed by atoms with Crippen molar-refractivity contribution in [3.8, 4) is 5.69 Å². The van der Waals surface area contributed by atoms with Crippen LogP contribution in [0, 0.1) is 4.77 Å². The zero-order chi connectivity index (χ0) is 12.4. The molecule has 1 aromatic heterocycles. The van der Waals surface area contributed by atoms with Gasteiger partial charge in [-0.1, -0.05) is 26.0 Å². The van der Waals surface area contributed by atoms with Crippen LogP contribution in [0.5, 0.6) is 0 Å². The van der Waals surface area contributed by atoms with Gasteiger partial charge in [0.2, 0.25) is 0 Å². The molecule has 1 N–H and O–H groups in total. The van der Waals surface area contributed by atoms with E-state index < -0.39 is 0 Å². The summed E-state index contributed by atoms with van der Waals surface area (Å²) in [4.78, 5) is 1.20. The molecular formula is C12H15N3S2. The topological polar surface area (TPSA) is 33.6 Å². The number of rotatable bonds is 3. The molecule has 2 rings (SSSR count). The molecular weight excluding hydrogens is 250 g/mol. The second-order valence-electron chi connectivity index (χ2n) is 4.05. The van der Waals surface area contributed by atoms with Crippen LogP contribution < -0.4 is 0 Å². The lowest BCUT2D eigenvalue weighted by molar-refractivity contribution is 0.740. The van der Waals surface area contributed by atoms with E-state index in [1.165, 1.54) is 4.90 Å². The first kappa shape index (κ1) is 12.4. The Hall–Kier alpha value is -1.07. The van der Waals surface area contributed by atoms with Crippen molar-refractivity contribution in [2.75, 3.05) is 6.26 Å². The van der Waals surface area contributed by atoms with Gasteiger partial charge in [-0.05, 0) is 30.6 Å². The first-order valence-corrected chi connectivity index (χ1v) is 7.09. The fraction of sp³-hybridized carbons (Fsp3) is 0.333. The summed E-state index contributed by atoms with van der Waals surface area (Å²) in [6.07, 6.45) is 2.07. The Morgan fingerprint density at radius 2 is 2.06 bits per heavy atom. The van der Waals surface area contributed by atoms with Crippen molar-refractivity contribution < 1.29 is 0 Å². The fourth-order valence-corrected chi connectivity index (χ4v) is 2.56. The van der Waals surface area contributed by atoms with Crippen molar-refractivity contribution in [3.05, 3.63) is 34.9 Å². The molecule has 90 valence electrons. The minimum atomic E-state index is 0.331. The number of hydrogen-bond acceptors (Lipinski definition) is 3. The molecule has 0 radical (unpaired) electrons. The van der Waals surface area contributed by atoms with Crippen LogP contribution in [0.25, 0.3) is 5.69 Å². The van der Waals surface area contributed by atoms with Gasteiger partial charge in [0.25, 0.3) is 0 Å². The van der Waals surface area contributed by atoms with E-state index in [2.05, 4.69) is 42.4 Å². The van der Waals surface area contributed by atoms with E-state index in [-0.39, 0.29) is 0 Å². The summed E-state index contributed by atoms with van der Waals surface area (Å²) in [7, 11) is 0. The molecule has 3 nitrogen and oxygen atoms in total. The molecule has 0 fully saturated rings. The molecule has 0 amide bonds. The molecule has 0 aliphatic rings. The molecule has 2 aromatic rings. The summed E-state index contributed by atoms with van der Waals surface area (Å²) in [6, 6.07) is 8.23. The van der Waals surface area contributed by atoms with Crippen molar-refractivity contribution in [3.63, 3.8) is 0 Å². The number of para-hydroxylation sites is 1. The SMILES string of the molecule is CSc1ccccc1-n1c(C(C)C)n[nH]c1=S. The highest BCUT2D eigenvalue weighted by atomic mass is 32.2. The second-order valence-corrected chi connectivity index (χ2v) is 5.28. The number of aromatic nitrogens is 3. The molecule has 1 heterocycles. The summed E-state index contributed by atoms with van der Waals surface area (Å²) >= 11 is 7.03. The maximum Gasteiger partial charge on any atom is 0.199 e. The van der Waals surface area contributed by atoms with E-state index in [0.717, 1.165) is 11.5 Å². The lowest BCUT2D eigenvalue weighted by atomic mass is 10.2. The highest BCUT2D eigenvalue weighted by molar-refractivity contribution is 7.98. The number of thioether (sulfide) groups is 1. The largest absolute Gasteiger partial charge is 0.271 e. The second kappa shape index (κ2) is 5.06. The van der Waals surface area contributed by atoms with Crippen LogP contribution in [-0.4, -0.2) is 21.0 Å². The van der Waals surface area contributed by atoms with Gasteiger partial charge in [0, 0.05) is 10.8 Å². The van der Waals surface area contributed by atoms with Gasteiger partial charge >= 0.3 is 0 Å². The van der Waals surface area contributed by atoms with Gasteiger partial charge < -0.3 is 0 Å². The summed E-state index contributed by atoms with van der Waals surface area (Å²) < 4.78 is 2.67. The lowest BCUT2D eigenvalue weighted by Gasteiger charge is -2.12. The van der Waals surface area contributed by atoms with E-state index >= 15 is 0 Å². The Bertz CT molecular complexity index is 569. The molecule has 0 bridgehead atoms. The van der Waals surface area contributed by atoms with Gasteiger partial charge in [-0.25, -0.2) is 0 Å². The van der Waals surface area contributed by atoms with Gasteiger partial charge in [-0.3, -0.25) is 9.67 Å². The summed E-state index contributed by atoms with van der Waals surface area (Å²) in [5.41, 5.74) is 1.10. The van der Waals surface area contributed by atoms with Crippen LogP contribution in [0.4, 0.5) is 0 Å². The third-order valence-electron chi connectivity index (χ3n) is 2.54. The predicted molar refractivity (Wildman–Crippen MR) is 74.6 cm³/mol. The summed E-state index contributed by atoms with van der Waals surface area (Å²) in [6.45, 7) is 4.23. The van der Waals surface area contributed by atoms with Crippen LogP contribution in [-0.2, 0) is 0 Å². The normalized spacial score (nSPS) is 11.1. The highest BCUT2D eigenvalue weighted by Crippen LogP contribution is 2.26. The first-order chi connectivity index (χ1) is 8.15. The van der Waals surface area contributed by atoms with Crippen molar-refractivity contribution in [2.45, 2.75) is 24.7 Å². The van der Waals surface area contributed by atoms with Crippen molar-refractivity contribution in [1.29, 1.82) is 0 Å². The average molecular weight is 265 g/mol. The van der Waals surface area contributed by atoms with E-state index in [1.807, 2.05) is 16.7 Å². The molecule has 5 heteroatoms. The first-order valence-electron chi connectivity index (χ1n) is 5.46. The zero-order valence-corrected chi connectivity index (χ0v) is 11.7. The van der Waals surface area contributed by atoms with Gasteiger partial charge in [0.05, 0.1) is 5.69 Å². The summed E-state index contributed by atoms with van der Waals surface area (Å²) in [5.74, 6) is 1.30. The molecule has 0 saturated heterocycles. The van der Waals surface area contributed by atoms with Crippen LogP contribution in [0.1, 0.15) is 25.6 Å². The highest BCUT2D eigenvalue weighted by Gasteiger charge is 2.13. The number of benzene rings is 1. The number of H-pyrrole nitrogens is 1. The van der Waals surface area contributed by atoms with E-state index in [4.69, 9.17) is 12.2 Å². The third kappa shape index (κ3) is 2.30. The van der Waals surface area contributed by atoms with E-state index in [1.54, 1.807) is 11.8 Å². The minimum absolute atomic E-state index is 0.331. The number of nitrogens with one attached hydrogen (secondary N) is 1. The maximum atomic E-state index is 5.32. The monoisotopic (exact) mass is 265 g/mol. The van der Waals surface area contributed by atoms with E-state index in [9.17, 15) is 0 Å². The molecule has 0 aliphatic heterocycles. The molecule has 0 atom stereocenters. The molecule has 0 unspecified atom stereocenters. The lowest BCUT2D eigenvalue weighted by Crippen LogP contribution is -2.04. The standard InChI is InChI=1S/C12H15N3S2/c1-8(2)11-13-14-12(16)15(11)9-6-4-5-7-10(9)17-3/h4-8H,1-3H3,(H,14,16). The summed E-state index contributed by atoms with van der Waals surface area (Å²) in [5, 5.41) is 7.18. The molecule has 0 saturated carbocycles. The van der Waals surface area contributed by atoms with Crippen molar-refractivity contribution in [2.24, 2.45) is 0 Å². The van der Waals surface area contributed by atoms with Crippen LogP contribution in [0.2, 0.25) is 0 Å². The third-order valence-corrected chi connectivity index (χ3v) is 3.60. The van der Waals surface area contributed by atoms with Gasteiger partial charge in [0.1, 0.15) is 5.82 Å². The Morgan fingerprint density at radius 3 is 2.71 bits per heavy atom. The van der Waals surface area contributed by atoms with Gasteiger partial charge in [0.15, 0.2) is 4.77 Å². The quantitative estimate of drug-likeness (QED) is 0.677. The van der Waals surface area contributed by atoms with Crippen molar-refractivity contribution >= 4 is 24.0 Å². The Labute approximate surface area is 110 Å². The van der Waals surface area contributed by atoms with Crippen LogP contribution in [0.3, 0.4) is 0 Å². The number of aromatic amines is 1. The smallest absolute Gasteiger partial charge is 0.199 e. The Morgan fingerprint density at radius 1 is 1.35 bits per heavy atom. The Balaban J connectivity index is 2.68. The Kier molecular flexibility index (Phi) is 3.69.